The maximum Gasteiger partial charge on any atom is 0.317 e. The van der Waals surface area contributed by atoms with E-state index in [1.807, 2.05) is 13.0 Å². The molecule has 0 aliphatic carbocycles. The molecule has 0 saturated carbocycles. The number of carbonyl (C=O) groups is 2. The Morgan fingerprint density at radius 1 is 1.19 bits per heavy atom. The SMILES string of the molecule is CCCN(CCO)C(=O)NCc1ccccc1CC(=O)O. The predicted octanol–water partition coefficient (Wildman–Crippen LogP) is 1.23. The standard InChI is InChI=1S/C15H22N2O4/c1-2-7-17(8-9-18)15(21)16-11-13-6-4-3-5-12(13)10-14(19)20/h3-6,18H,2,7-11H2,1H3,(H,16,21)(H,19,20). The van der Waals surface area contributed by atoms with Gasteiger partial charge in [0.25, 0.3) is 0 Å². The quantitative estimate of drug-likeness (QED) is 0.672. The number of hydrogen-bond acceptors (Lipinski definition) is 3. The summed E-state index contributed by atoms with van der Waals surface area (Å²) in [5, 5.41) is 20.6. The van der Waals surface area contributed by atoms with E-state index in [1.54, 1.807) is 23.1 Å². The second-order valence-electron chi connectivity index (χ2n) is 4.71. The second-order valence-corrected chi connectivity index (χ2v) is 4.71. The molecule has 0 fully saturated rings. The molecule has 1 rings (SSSR count). The molecule has 21 heavy (non-hydrogen) atoms. The number of aliphatic hydroxyl groups excluding tert-OH is 1. The van der Waals surface area contributed by atoms with Crippen LogP contribution in [0.5, 0.6) is 0 Å². The highest BCUT2D eigenvalue weighted by molar-refractivity contribution is 5.74. The van der Waals surface area contributed by atoms with Crippen LogP contribution in [0.15, 0.2) is 24.3 Å². The number of urea groups is 1. The first kappa shape index (κ1) is 17.0. The molecule has 0 unspecified atom stereocenters. The highest BCUT2D eigenvalue weighted by atomic mass is 16.4. The molecule has 0 heterocycles. The van der Waals surface area contributed by atoms with E-state index < -0.39 is 5.97 Å². The first-order valence-electron chi connectivity index (χ1n) is 7.00. The Morgan fingerprint density at radius 3 is 2.43 bits per heavy atom. The smallest absolute Gasteiger partial charge is 0.317 e. The van der Waals surface area contributed by atoms with Crippen LogP contribution >= 0.6 is 0 Å². The van der Waals surface area contributed by atoms with Crippen molar-refractivity contribution >= 4 is 12.0 Å². The van der Waals surface area contributed by atoms with Crippen LogP contribution in [0.3, 0.4) is 0 Å². The van der Waals surface area contributed by atoms with Gasteiger partial charge in [0, 0.05) is 19.6 Å². The third kappa shape index (κ3) is 5.83. The molecular weight excluding hydrogens is 272 g/mol. The Kier molecular flexibility index (Phi) is 7.25. The molecule has 0 saturated heterocycles. The van der Waals surface area contributed by atoms with Gasteiger partial charge in [-0.1, -0.05) is 31.2 Å². The van der Waals surface area contributed by atoms with Gasteiger partial charge < -0.3 is 20.4 Å². The molecule has 0 aliphatic rings. The van der Waals surface area contributed by atoms with Crippen molar-refractivity contribution in [2.24, 2.45) is 0 Å². The number of carboxylic acid groups (broad SMARTS) is 1. The number of hydrogen-bond donors (Lipinski definition) is 3. The van der Waals surface area contributed by atoms with Gasteiger partial charge in [0.05, 0.1) is 13.0 Å². The summed E-state index contributed by atoms with van der Waals surface area (Å²) >= 11 is 0. The van der Waals surface area contributed by atoms with Gasteiger partial charge in [0.15, 0.2) is 0 Å². The molecule has 0 atom stereocenters. The average Bonchev–Trinajstić information content (AvgIpc) is 2.45. The van der Waals surface area contributed by atoms with E-state index >= 15 is 0 Å². The zero-order chi connectivity index (χ0) is 15.7. The molecular formula is C15H22N2O4. The van der Waals surface area contributed by atoms with Crippen LogP contribution < -0.4 is 5.32 Å². The van der Waals surface area contributed by atoms with E-state index in [2.05, 4.69) is 5.32 Å². The monoisotopic (exact) mass is 294 g/mol. The molecule has 0 bridgehead atoms. The van der Waals surface area contributed by atoms with Crippen LogP contribution in [0.1, 0.15) is 24.5 Å². The molecule has 0 spiro atoms. The summed E-state index contributed by atoms with van der Waals surface area (Å²) in [6.07, 6.45) is 0.740. The van der Waals surface area contributed by atoms with Crippen molar-refractivity contribution in [1.29, 1.82) is 0 Å². The van der Waals surface area contributed by atoms with Gasteiger partial charge in [-0.15, -0.1) is 0 Å². The molecule has 3 N–H and O–H groups in total. The maximum absolute atomic E-state index is 12.0. The van der Waals surface area contributed by atoms with Gasteiger partial charge in [-0.3, -0.25) is 4.79 Å². The van der Waals surface area contributed by atoms with Gasteiger partial charge in [0.2, 0.25) is 0 Å². The fourth-order valence-corrected chi connectivity index (χ4v) is 2.05. The molecule has 1 aromatic rings. The van der Waals surface area contributed by atoms with E-state index in [1.165, 1.54) is 0 Å². The molecule has 6 heteroatoms. The van der Waals surface area contributed by atoms with E-state index in [4.69, 9.17) is 10.2 Å². The van der Waals surface area contributed by atoms with Crippen molar-refractivity contribution in [3.8, 4) is 0 Å². The fraction of sp³-hybridized carbons (Fsp3) is 0.467. The summed E-state index contributed by atoms with van der Waals surface area (Å²) in [4.78, 5) is 24.4. The van der Waals surface area contributed by atoms with Gasteiger partial charge >= 0.3 is 12.0 Å². The van der Waals surface area contributed by atoms with Crippen molar-refractivity contribution in [2.75, 3.05) is 19.7 Å². The van der Waals surface area contributed by atoms with Gasteiger partial charge in [0.1, 0.15) is 0 Å². The molecule has 1 aromatic carbocycles. The van der Waals surface area contributed by atoms with Crippen molar-refractivity contribution < 1.29 is 19.8 Å². The van der Waals surface area contributed by atoms with Crippen molar-refractivity contribution in [2.45, 2.75) is 26.3 Å². The Balaban J connectivity index is 2.65. The van der Waals surface area contributed by atoms with Crippen molar-refractivity contribution in [3.63, 3.8) is 0 Å². The maximum atomic E-state index is 12.0. The van der Waals surface area contributed by atoms with E-state index in [-0.39, 0.29) is 32.1 Å². The molecule has 0 aromatic heterocycles. The molecule has 0 radical (unpaired) electrons. The second kappa shape index (κ2) is 8.97. The van der Waals surface area contributed by atoms with Crippen LogP contribution in [0.25, 0.3) is 0 Å². The number of rotatable bonds is 8. The first-order chi connectivity index (χ1) is 10.1. The minimum Gasteiger partial charge on any atom is -0.481 e. The Bertz CT molecular complexity index is 470. The summed E-state index contributed by atoms with van der Waals surface area (Å²) in [6, 6.07) is 6.88. The van der Waals surface area contributed by atoms with Crippen LogP contribution in [0, 0.1) is 0 Å². The summed E-state index contributed by atoms with van der Waals surface area (Å²) in [7, 11) is 0. The number of aliphatic carboxylic acids is 1. The van der Waals surface area contributed by atoms with E-state index in [0.717, 1.165) is 12.0 Å². The topological polar surface area (TPSA) is 89.9 Å². The molecule has 0 aliphatic heterocycles. The van der Waals surface area contributed by atoms with Crippen LogP contribution in [0.4, 0.5) is 4.79 Å². The summed E-state index contributed by atoms with van der Waals surface area (Å²) < 4.78 is 0. The van der Waals surface area contributed by atoms with Crippen molar-refractivity contribution in [3.05, 3.63) is 35.4 Å². The van der Waals surface area contributed by atoms with E-state index in [0.29, 0.717) is 12.1 Å². The Hall–Kier alpha value is -2.08. The summed E-state index contributed by atoms with van der Waals surface area (Å²) in [6.45, 7) is 3.01. The van der Waals surface area contributed by atoms with Crippen LogP contribution in [-0.2, 0) is 17.8 Å². The number of benzene rings is 1. The number of nitrogens with zero attached hydrogens (tertiary/aromatic N) is 1. The lowest BCUT2D eigenvalue weighted by Crippen LogP contribution is -2.41. The number of carbonyl (C=O) groups excluding carboxylic acids is 1. The lowest BCUT2D eigenvalue weighted by molar-refractivity contribution is -0.136. The predicted molar refractivity (Wildman–Crippen MR) is 79.0 cm³/mol. The molecule has 2 amide bonds. The number of nitrogens with one attached hydrogen (secondary N) is 1. The molecule has 6 nitrogen and oxygen atoms in total. The van der Waals surface area contributed by atoms with Gasteiger partial charge in [-0.25, -0.2) is 4.79 Å². The van der Waals surface area contributed by atoms with Crippen LogP contribution in [-0.4, -0.2) is 46.8 Å². The Morgan fingerprint density at radius 2 is 1.86 bits per heavy atom. The zero-order valence-corrected chi connectivity index (χ0v) is 12.2. The van der Waals surface area contributed by atoms with Gasteiger partial charge in [-0.05, 0) is 17.5 Å². The van der Waals surface area contributed by atoms with Gasteiger partial charge in [-0.2, -0.15) is 0 Å². The fourth-order valence-electron chi connectivity index (χ4n) is 2.05. The van der Waals surface area contributed by atoms with Crippen molar-refractivity contribution in [1.82, 2.24) is 10.2 Å². The number of carboxylic acids is 1. The van der Waals surface area contributed by atoms with E-state index in [9.17, 15) is 9.59 Å². The minimum atomic E-state index is -0.901. The molecule has 116 valence electrons. The summed E-state index contributed by atoms with van der Waals surface area (Å²) in [5.41, 5.74) is 1.48. The third-order valence-electron chi connectivity index (χ3n) is 3.04. The lowest BCUT2D eigenvalue weighted by Gasteiger charge is -2.21. The minimum absolute atomic E-state index is 0.0681. The Labute approximate surface area is 124 Å². The highest BCUT2D eigenvalue weighted by Gasteiger charge is 2.12. The third-order valence-corrected chi connectivity index (χ3v) is 3.04. The normalized spacial score (nSPS) is 10.2. The highest BCUT2D eigenvalue weighted by Crippen LogP contribution is 2.09. The number of aliphatic hydroxyl groups is 1. The lowest BCUT2D eigenvalue weighted by atomic mass is 10.0. The summed E-state index contributed by atoms with van der Waals surface area (Å²) in [5.74, 6) is -0.901. The zero-order valence-electron chi connectivity index (χ0n) is 12.2. The number of amides is 2. The van der Waals surface area contributed by atoms with Crippen LogP contribution in [0.2, 0.25) is 0 Å². The largest absolute Gasteiger partial charge is 0.481 e. The average molecular weight is 294 g/mol. The first-order valence-corrected chi connectivity index (χ1v) is 7.00.